The van der Waals surface area contributed by atoms with E-state index in [1.165, 1.54) is 23.5 Å². The highest BCUT2D eigenvalue weighted by atomic mass is 35.5. The van der Waals surface area contributed by atoms with E-state index < -0.39 is 11.6 Å². The summed E-state index contributed by atoms with van der Waals surface area (Å²) in [6.07, 6.45) is 0. The van der Waals surface area contributed by atoms with Crippen molar-refractivity contribution in [2.24, 2.45) is 0 Å². The largest absolute Gasteiger partial charge is 0.207 e. The van der Waals surface area contributed by atoms with Crippen LogP contribution in [0.4, 0.5) is 8.78 Å². The van der Waals surface area contributed by atoms with Crippen LogP contribution < -0.4 is 0 Å². The Morgan fingerprint density at radius 1 is 1.07 bits per heavy atom. The Hall–Kier alpha value is -0.930. The molecule has 0 amide bonds. The highest BCUT2D eigenvalue weighted by Crippen LogP contribution is 2.28. The third kappa shape index (κ3) is 1.94. The highest BCUT2D eigenvalue weighted by molar-refractivity contribution is 7.14. The molecule has 0 saturated heterocycles. The lowest BCUT2D eigenvalue weighted by atomic mass is 10.1. The molecule has 0 unspecified atom stereocenters. The van der Waals surface area contributed by atoms with E-state index >= 15 is 0 Å². The van der Waals surface area contributed by atoms with Crippen LogP contribution in [-0.2, 0) is 0 Å². The minimum absolute atomic E-state index is 0.450. The molecule has 2 aromatic rings. The SMILES string of the molecule is Fc1cc(F)cc(-c2[c]sc(Cl)c2)c1. The first-order chi connectivity index (χ1) is 6.65. The van der Waals surface area contributed by atoms with Gasteiger partial charge >= 0.3 is 0 Å². The predicted molar refractivity (Wildman–Crippen MR) is 53.5 cm³/mol. The molecule has 4 heteroatoms. The van der Waals surface area contributed by atoms with Crippen LogP contribution in [0, 0.1) is 17.0 Å². The summed E-state index contributed by atoms with van der Waals surface area (Å²) in [5.74, 6) is -1.20. The van der Waals surface area contributed by atoms with Crippen molar-refractivity contribution in [3.63, 3.8) is 0 Å². The van der Waals surface area contributed by atoms with Gasteiger partial charge in [0.15, 0.2) is 0 Å². The molecular weight excluding hydrogens is 226 g/mol. The second kappa shape index (κ2) is 3.67. The molecule has 1 heterocycles. The maximum absolute atomic E-state index is 12.8. The Morgan fingerprint density at radius 2 is 1.71 bits per heavy atom. The second-order valence-corrected chi connectivity index (χ2v) is 4.20. The molecule has 0 aliphatic heterocycles. The Morgan fingerprint density at radius 3 is 2.21 bits per heavy atom. The Balaban J connectivity index is 2.51. The van der Waals surface area contributed by atoms with Gasteiger partial charge in [-0.25, -0.2) is 8.78 Å². The van der Waals surface area contributed by atoms with Gasteiger partial charge in [0.1, 0.15) is 11.6 Å². The van der Waals surface area contributed by atoms with Gasteiger partial charge in [0.05, 0.1) is 9.72 Å². The van der Waals surface area contributed by atoms with E-state index in [0.717, 1.165) is 6.07 Å². The fraction of sp³-hybridized carbons (Fsp3) is 0. The minimum Gasteiger partial charge on any atom is -0.207 e. The minimum atomic E-state index is -0.601. The van der Waals surface area contributed by atoms with Crippen LogP contribution in [0.3, 0.4) is 0 Å². The average molecular weight is 230 g/mol. The van der Waals surface area contributed by atoms with Gasteiger partial charge in [0, 0.05) is 11.6 Å². The van der Waals surface area contributed by atoms with E-state index in [0.29, 0.717) is 15.5 Å². The van der Waals surface area contributed by atoms with Crippen molar-refractivity contribution < 1.29 is 8.78 Å². The van der Waals surface area contributed by atoms with Crippen molar-refractivity contribution in [2.75, 3.05) is 0 Å². The molecule has 1 radical (unpaired) electrons. The average Bonchev–Trinajstić information content (AvgIpc) is 2.50. The first kappa shape index (κ1) is 9.62. The van der Waals surface area contributed by atoms with Crippen LogP contribution in [-0.4, -0.2) is 0 Å². The number of rotatable bonds is 1. The van der Waals surface area contributed by atoms with Crippen molar-refractivity contribution in [1.82, 2.24) is 0 Å². The molecule has 0 aliphatic rings. The molecule has 0 spiro atoms. The Bertz CT molecular complexity index is 445. The molecule has 1 aromatic heterocycles. The number of thiophene rings is 1. The van der Waals surface area contributed by atoms with Gasteiger partial charge in [0.2, 0.25) is 0 Å². The fourth-order valence-electron chi connectivity index (χ4n) is 1.13. The first-order valence-electron chi connectivity index (χ1n) is 3.78. The van der Waals surface area contributed by atoms with Crippen molar-refractivity contribution in [3.8, 4) is 11.1 Å². The molecule has 71 valence electrons. The first-order valence-corrected chi connectivity index (χ1v) is 4.98. The molecule has 0 nitrogen and oxygen atoms in total. The molecule has 0 aliphatic carbocycles. The van der Waals surface area contributed by atoms with Crippen molar-refractivity contribution in [3.05, 3.63) is 45.6 Å². The third-order valence-corrected chi connectivity index (χ3v) is 2.67. The van der Waals surface area contributed by atoms with Gasteiger partial charge in [-0.05, 0) is 23.8 Å². The third-order valence-electron chi connectivity index (χ3n) is 1.69. The van der Waals surface area contributed by atoms with Crippen molar-refractivity contribution >= 4 is 22.9 Å². The van der Waals surface area contributed by atoms with Gasteiger partial charge in [-0.1, -0.05) is 11.6 Å². The zero-order chi connectivity index (χ0) is 10.1. The second-order valence-electron chi connectivity index (χ2n) is 2.72. The van der Waals surface area contributed by atoms with Gasteiger partial charge in [-0.3, -0.25) is 0 Å². The summed E-state index contributed by atoms with van der Waals surface area (Å²) >= 11 is 6.90. The lowest BCUT2D eigenvalue weighted by molar-refractivity contribution is 0.584. The quantitative estimate of drug-likeness (QED) is 0.689. The maximum atomic E-state index is 12.8. The highest BCUT2D eigenvalue weighted by Gasteiger charge is 2.05. The van der Waals surface area contributed by atoms with E-state index in [9.17, 15) is 8.78 Å². The number of hydrogen-bond acceptors (Lipinski definition) is 1. The molecule has 0 fully saturated rings. The van der Waals surface area contributed by atoms with E-state index in [2.05, 4.69) is 5.38 Å². The zero-order valence-electron chi connectivity index (χ0n) is 6.85. The monoisotopic (exact) mass is 229 g/mol. The summed E-state index contributed by atoms with van der Waals surface area (Å²) in [6.45, 7) is 0. The van der Waals surface area contributed by atoms with Gasteiger partial charge in [0.25, 0.3) is 0 Å². The van der Waals surface area contributed by atoms with E-state index in [1.54, 1.807) is 6.07 Å². The van der Waals surface area contributed by atoms with Gasteiger partial charge < -0.3 is 0 Å². The summed E-state index contributed by atoms with van der Waals surface area (Å²) in [4.78, 5) is 0. The van der Waals surface area contributed by atoms with Crippen LogP contribution >= 0.6 is 22.9 Å². The topological polar surface area (TPSA) is 0 Å². The smallest absolute Gasteiger partial charge is 0.126 e. The summed E-state index contributed by atoms with van der Waals surface area (Å²) in [7, 11) is 0. The summed E-state index contributed by atoms with van der Waals surface area (Å²) in [5, 5.41) is 2.85. The summed E-state index contributed by atoms with van der Waals surface area (Å²) in [5.41, 5.74) is 1.06. The lowest BCUT2D eigenvalue weighted by Crippen LogP contribution is -1.81. The molecule has 14 heavy (non-hydrogen) atoms. The molecule has 2 rings (SSSR count). The van der Waals surface area contributed by atoms with Crippen LogP contribution in [0.2, 0.25) is 4.34 Å². The van der Waals surface area contributed by atoms with E-state index in [1.807, 2.05) is 0 Å². The fourth-order valence-corrected chi connectivity index (χ4v) is 1.91. The lowest BCUT2D eigenvalue weighted by Gasteiger charge is -1.97. The van der Waals surface area contributed by atoms with E-state index in [-0.39, 0.29) is 0 Å². The molecule has 0 bridgehead atoms. The van der Waals surface area contributed by atoms with Gasteiger partial charge in [-0.15, -0.1) is 11.3 Å². The molecule has 0 saturated carbocycles. The molecular formula is C10H4ClF2S. The number of hydrogen-bond donors (Lipinski definition) is 0. The van der Waals surface area contributed by atoms with E-state index in [4.69, 9.17) is 11.6 Å². The van der Waals surface area contributed by atoms with Crippen LogP contribution in [0.5, 0.6) is 0 Å². The van der Waals surface area contributed by atoms with Crippen LogP contribution in [0.1, 0.15) is 0 Å². The molecule has 1 aromatic carbocycles. The zero-order valence-corrected chi connectivity index (χ0v) is 8.42. The summed E-state index contributed by atoms with van der Waals surface area (Å²) < 4.78 is 26.2. The maximum Gasteiger partial charge on any atom is 0.126 e. The predicted octanol–water partition coefficient (Wildman–Crippen LogP) is 4.15. The standard InChI is InChI=1S/C10H4ClF2S/c11-10-3-7(5-14-10)6-1-8(12)4-9(13)2-6/h1-4H. The van der Waals surface area contributed by atoms with Gasteiger partial charge in [-0.2, -0.15) is 0 Å². The number of halogens is 3. The van der Waals surface area contributed by atoms with Crippen molar-refractivity contribution in [1.29, 1.82) is 0 Å². The Kier molecular flexibility index (Phi) is 2.52. The normalized spacial score (nSPS) is 10.5. The van der Waals surface area contributed by atoms with Crippen molar-refractivity contribution in [2.45, 2.75) is 0 Å². The molecule has 0 atom stereocenters. The number of benzene rings is 1. The summed E-state index contributed by atoms with van der Waals surface area (Å²) in [6, 6.07) is 4.95. The Labute approximate surface area is 88.8 Å². The molecule has 0 N–H and O–H groups in total. The van der Waals surface area contributed by atoms with Crippen LogP contribution in [0.25, 0.3) is 11.1 Å². The van der Waals surface area contributed by atoms with Crippen LogP contribution in [0.15, 0.2) is 24.3 Å².